The molecule has 0 aliphatic heterocycles. The van der Waals surface area contributed by atoms with E-state index in [9.17, 15) is 24.9 Å². The predicted octanol–water partition coefficient (Wildman–Crippen LogP) is 3.24. The van der Waals surface area contributed by atoms with Crippen molar-refractivity contribution in [3.8, 4) is 11.5 Å². The van der Waals surface area contributed by atoms with E-state index in [2.05, 4.69) is 4.98 Å². The molecule has 0 aliphatic carbocycles. The number of aromatic carboxylic acids is 1. The molecule has 0 spiro atoms. The standard InChI is InChI=1S/C19H13NO5/c21-16(7-5-11-6-8-17(22)18(23)9-11)15-10-13(19(24)25)12-3-1-2-4-14(12)20-15/h1-10,22-23H,(H,24,25). The van der Waals surface area contributed by atoms with Crippen LogP contribution in [0.3, 0.4) is 0 Å². The highest BCUT2D eigenvalue weighted by molar-refractivity contribution is 6.10. The van der Waals surface area contributed by atoms with Crippen molar-refractivity contribution in [2.45, 2.75) is 0 Å². The third-order valence-electron chi connectivity index (χ3n) is 3.63. The van der Waals surface area contributed by atoms with Gasteiger partial charge in [-0.3, -0.25) is 4.79 Å². The second-order valence-electron chi connectivity index (χ2n) is 5.32. The van der Waals surface area contributed by atoms with Crippen molar-refractivity contribution in [3.63, 3.8) is 0 Å². The second kappa shape index (κ2) is 6.45. The Kier molecular flexibility index (Phi) is 4.18. The number of ketones is 1. The summed E-state index contributed by atoms with van der Waals surface area (Å²) in [6.45, 7) is 0. The van der Waals surface area contributed by atoms with Crippen LogP contribution in [0, 0.1) is 0 Å². The van der Waals surface area contributed by atoms with Gasteiger partial charge in [-0.2, -0.15) is 0 Å². The Bertz CT molecular complexity index is 1020. The number of hydrogen-bond acceptors (Lipinski definition) is 5. The minimum Gasteiger partial charge on any atom is -0.504 e. The van der Waals surface area contributed by atoms with Crippen LogP contribution in [0.1, 0.15) is 26.4 Å². The molecule has 6 nitrogen and oxygen atoms in total. The van der Waals surface area contributed by atoms with Gasteiger partial charge in [-0.15, -0.1) is 0 Å². The third-order valence-corrected chi connectivity index (χ3v) is 3.63. The fraction of sp³-hybridized carbons (Fsp3) is 0. The molecule has 0 fully saturated rings. The number of fused-ring (bicyclic) bond motifs is 1. The van der Waals surface area contributed by atoms with Gasteiger partial charge in [-0.25, -0.2) is 9.78 Å². The lowest BCUT2D eigenvalue weighted by Crippen LogP contribution is -2.05. The summed E-state index contributed by atoms with van der Waals surface area (Å²) in [5.41, 5.74) is 0.935. The van der Waals surface area contributed by atoms with Crippen molar-refractivity contribution in [1.29, 1.82) is 0 Å². The van der Waals surface area contributed by atoms with E-state index in [1.54, 1.807) is 24.3 Å². The summed E-state index contributed by atoms with van der Waals surface area (Å²) in [5, 5.41) is 28.5. The van der Waals surface area contributed by atoms with E-state index in [-0.39, 0.29) is 22.8 Å². The first-order valence-electron chi connectivity index (χ1n) is 7.33. The summed E-state index contributed by atoms with van der Waals surface area (Å²) in [5.74, 6) is -2.17. The average Bonchev–Trinajstić information content (AvgIpc) is 2.61. The van der Waals surface area contributed by atoms with Crippen molar-refractivity contribution < 1.29 is 24.9 Å². The summed E-state index contributed by atoms with van der Waals surface area (Å²) >= 11 is 0. The monoisotopic (exact) mass is 335 g/mol. The highest BCUT2D eigenvalue weighted by atomic mass is 16.4. The molecule has 124 valence electrons. The molecule has 0 saturated carbocycles. The number of carboxylic acid groups (broad SMARTS) is 1. The van der Waals surface area contributed by atoms with Crippen LogP contribution in [-0.2, 0) is 0 Å². The zero-order chi connectivity index (χ0) is 18.0. The maximum absolute atomic E-state index is 12.3. The Morgan fingerprint density at radius 2 is 1.72 bits per heavy atom. The Hall–Kier alpha value is -3.67. The number of phenolic OH excluding ortho intramolecular Hbond substituents is 2. The highest BCUT2D eigenvalue weighted by Crippen LogP contribution is 2.25. The topological polar surface area (TPSA) is 108 Å². The number of para-hydroxylation sites is 1. The molecular formula is C19H13NO5. The molecule has 1 heterocycles. The first-order chi connectivity index (χ1) is 12.0. The molecule has 0 atom stereocenters. The summed E-state index contributed by atoms with van der Waals surface area (Å²) in [6, 6.07) is 12.1. The number of pyridine rings is 1. The number of hydrogen-bond donors (Lipinski definition) is 3. The minimum atomic E-state index is -1.14. The van der Waals surface area contributed by atoms with Crippen molar-refractivity contribution in [1.82, 2.24) is 4.98 Å². The summed E-state index contributed by atoms with van der Waals surface area (Å²) in [7, 11) is 0. The highest BCUT2D eigenvalue weighted by Gasteiger charge is 2.14. The number of aromatic nitrogens is 1. The minimum absolute atomic E-state index is 0.00429. The third kappa shape index (κ3) is 3.32. The van der Waals surface area contributed by atoms with Crippen LogP contribution in [-0.4, -0.2) is 32.1 Å². The van der Waals surface area contributed by atoms with Gasteiger partial charge in [0, 0.05) is 5.39 Å². The number of nitrogens with zero attached hydrogens (tertiary/aromatic N) is 1. The molecule has 0 aliphatic rings. The fourth-order valence-electron chi connectivity index (χ4n) is 2.38. The fourth-order valence-corrected chi connectivity index (χ4v) is 2.38. The van der Waals surface area contributed by atoms with Crippen LogP contribution in [0.4, 0.5) is 0 Å². The largest absolute Gasteiger partial charge is 0.504 e. The second-order valence-corrected chi connectivity index (χ2v) is 5.32. The van der Waals surface area contributed by atoms with Crippen molar-refractivity contribution in [3.05, 3.63) is 71.4 Å². The summed E-state index contributed by atoms with van der Waals surface area (Å²) in [6.07, 6.45) is 2.67. The molecule has 3 N–H and O–H groups in total. The van der Waals surface area contributed by atoms with Gasteiger partial charge in [-0.1, -0.05) is 30.3 Å². The van der Waals surface area contributed by atoms with E-state index in [4.69, 9.17) is 0 Å². The van der Waals surface area contributed by atoms with Gasteiger partial charge in [-0.05, 0) is 35.9 Å². The van der Waals surface area contributed by atoms with Crippen LogP contribution in [0.25, 0.3) is 17.0 Å². The molecule has 2 aromatic carbocycles. The van der Waals surface area contributed by atoms with E-state index in [1.807, 2.05) is 0 Å². The Morgan fingerprint density at radius 3 is 2.44 bits per heavy atom. The number of aromatic hydroxyl groups is 2. The van der Waals surface area contributed by atoms with Gasteiger partial charge in [0.2, 0.25) is 5.78 Å². The smallest absolute Gasteiger partial charge is 0.336 e. The maximum Gasteiger partial charge on any atom is 0.336 e. The van der Waals surface area contributed by atoms with Gasteiger partial charge >= 0.3 is 5.97 Å². The quantitative estimate of drug-likeness (QED) is 0.384. The summed E-state index contributed by atoms with van der Waals surface area (Å²) in [4.78, 5) is 28.0. The van der Waals surface area contributed by atoms with Crippen LogP contribution < -0.4 is 0 Å². The Labute approximate surface area is 142 Å². The van der Waals surface area contributed by atoms with E-state index < -0.39 is 11.8 Å². The van der Waals surface area contributed by atoms with Crippen molar-refractivity contribution in [2.75, 3.05) is 0 Å². The van der Waals surface area contributed by atoms with E-state index >= 15 is 0 Å². The number of carboxylic acids is 1. The molecule has 3 rings (SSSR count). The molecule has 25 heavy (non-hydrogen) atoms. The van der Waals surface area contributed by atoms with Crippen LogP contribution >= 0.6 is 0 Å². The van der Waals surface area contributed by atoms with Crippen LogP contribution in [0.5, 0.6) is 11.5 Å². The van der Waals surface area contributed by atoms with Gasteiger partial charge in [0.1, 0.15) is 5.69 Å². The van der Waals surface area contributed by atoms with Gasteiger partial charge in [0.05, 0.1) is 11.1 Å². The van der Waals surface area contributed by atoms with E-state index in [1.165, 1.54) is 36.4 Å². The lowest BCUT2D eigenvalue weighted by atomic mass is 10.1. The maximum atomic E-state index is 12.3. The normalized spacial score (nSPS) is 11.0. The lowest BCUT2D eigenvalue weighted by molar-refractivity contribution is 0.0699. The molecule has 0 unspecified atom stereocenters. The molecule has 0 bridgehead atoms. The molecule has 0 radical (unpaired) electrons. The number of carbonyl (C=O) groups excluding carboxylic acids is 1. The van der Waals surface area contributed by atoms with E-state index in [0.29, 0.717) is 16.5 Å². The molecule has 6 heteroatoms. The zero-order valence-electron chi connectivity index (χ0n) is 12.9. The number of phenols is 2. The molecule has 0 saturated heterocycles. The molecule has 0 amide bonds. The number of rotatable bonds is 4. The zero-order valence-corrected chi connectivity index (χ0v) is 12.9. The van der Waals surface area contributed by atoms with E-state index in [0.717, 1.165) is 0 Å². The molecular weight excluding hydrogens is 322 g/mol. The number of benzene rings is 2. The number of allylic oxidation sites excluding steroid dienone is 1. The van der Waals surface area contributed by atoms with Crippen molar-refractivity contribution in [2.24, 2.45) is 0 Å². The lowest BCUT2D eigenvalue weighted by Gasteiger charge is -2.04. The molecule has 3 aromatic rings. The Morgan fingerprint density at radius 1 is 0.960 bits per heavy atom. The summed E-state index contributed by atoms with van der Waals surface area (Å²) < 4.78 is 0. The first-order valence-corrected chi connectivity index (χ1v) is 7.33. The van der Waals surface area contributed by atoms with Crippen LogP contribution in [0.15, 0.2) is 54.6 Å². The van der Waals surface area contributed by atoms with Gasteiger partial charge in [0.15, 0.2) is 11.5 Å². The predicted molar refractivity (Wildman–Crippen MR) is 91.8 cm³/mol. The van der Waals surface area contributed by atoms with Crippen molar-refractivity contribution >= 4 is 28.7 Å². The Balaban J connectivity index is 1.98. The number of carbonyl (C=O) groups is 2. The van der Waals surface area contributed by atoms with Crippen LogP contribution in [0.2, 0.25) is 0 Å². The van der Waals surface area contributed by atoms with Gasteiger partial charge < -0.3 is 15.3 Å². The SMILES string of the molecule is O=C(C=Cc1ccc(O)c(O)c1)c1cc(C(=O)O)c2ccccc2n1. The van der Waals surface area contributed by atoms with Gasteiger partial charge in [0.25, 0.3) is 0 Å². The first kappa shape index (κ1) is 16.2. The average molecular weight is 335 g/mol. The molecule has 1 aromatic heterocycles.